The third-order valence-electron chi connectivity index (χ3n) is 2.91. The zero-order chi connectivity index (χ0) is 13.8. The van der Waals surface area contributed by atoms with Gasteiger partial charge in [0.2, 0.25) is 0 Å². The first-order valence-electron chi connectivity index (χ1n) is 6.01. The van der Waals surface area contributed by atoms with Gasteiger partial charge in [-0.3, -0.25) is 4.79 Å². The Morgan fingerprint density at radius 3 is 2.68 bits per heavy atom. The average Bonchev–Trinajstić information content (AvgIpc) is 2.79. The number of thioether (sulfide) groups is 1. The second-order valence-electron chi connectivity index (χ2n) is 4.24. The van der Waals surface area contributed by atoms with Crippen LogP contribution < -0.4 is 0 Å². The summed E-state index contributed by atoms with van der Waals surface area (Å²) in [5, 5.41) is 9.64. The number of carbonyl (C=O) groups is 1. The molecule has 0 aliphatic rings. The Kier molecular flexibility index (Phi) is 4.39. The monoisotopic (exact) mass is 276 g/mol. The van der Waals surface area contributed by atoms with Gasteiger partial charge in [0, 0.05) is 12.6 Å². The number of ketones is 1. The van der Waals surface area contributed by atoms with Crippen molar-refractivity contribution in [3.8, 4) is 0 Å². The number of imidazole rings is 1. The number of rotatable bonds is 5. The number of carbonyl (C=O) groups excluding carboxylic acids is 1. The van der Waals surface area contributed by atoms with E-state index in [1.807, 2.05) is 44.3 Å². The lowest BCUT2D eigenvalue weighted by atomic mass is 10.1. The van der Waals surface area contributed by atoms with Gasteiger partial charge >= 0.3 is 0 Å². The highest BCUT2D eigenvalue weighted by atomic mass is 32.2. The molecule has 0 amide bonds. The number of benzene rings is 1. The molecule has 1 unspecified atom stereocenters. The number of nitrogens with zero attached hydrogens (tertiary/aromatic N) is 2. The van der Waals surface area contributed by atoms with Crippen molar-refractivity contribution in [2.45, 2.75) is 23.9 Å². The molecular weight excluding hydrogens is 260 g/mol. The van der Waals surface area contributed by atoms with Crippen LogP contribution in [0.1, 0.15) is 23.0 Å². The maximum Gasteiger partial charge on any atom is 0.175 e. The predicted molar refractivity (Wildman–Crippen MR) is 75.2 cm³/mol. The number of hydrogen-bond acceptors (Lipinski definition) is 4. The number of hydrogen-bond donors (Lipinski definition) is 1. The fraction of sp³-hybridized carbons (Fsp3) is 0.286. The summed E-state index contributed by atoms with van der Waals surface area (Å²) in [4.78, 5) is 16.4. The summed E-state index contributed by atoms with van der Waals surface area (Å²) in [6.07, 6.45) is 1.63. The molecule has 1 heterocycles. The summed E-state index contributed by atoms with van der Waals surface area (Å²) in [7, 11) is 1.83. The molecule has 2 rings (SSSR count). The average molecular weight is 276 g/mol. The third-order valence-corrected chi connectivity index (χ3v) is 4.07. The van der Waals surface area contributed by atoms with E-state index in [4.69, 9.17) is 5.11 Å². The maximum atomic E-state index is 12.2. The number of Topliss-reactive ketones (excluding diaryl/α,β-unsaturated/α-hetero) is 1. The lowest BCUT2D eigenvalue weighted by molar-refractivity contribution is 0.0994. The zero-order valence-electron chi connectivity index (χ0n) is 10.9. The molecule has 19 heavy (non-hydrogen) atoms. The Morgan fingerprint density at radius 2 is 2.11 bits per heavy atom. The summed E-state index contributed by atoms with van der Waals surface area (Å²) in [5.41, 5.74) is 1.45. The van der Waals surface area contributed by atoms with Crippen LogP contribution in [0.5, 0.6) is 0 Å². The highest BCUT2D eigenvalue weighted by Gasteiger charge is 2.18. The van der Waals surface area contributed by atoms with E-state index in [1.54, 1.807) is 10.8 Å². The Hall–Kier alpha value is -1.59. The first kappa shape index (κ1) is 13.8. The standard InChI is InChI=1S/C14H16N2O2S/c1-10(13(18)11-6-4-3-5-7-11)19-14-15-8-12(9-17)16(14)2/h3-8,10,17H,9H2,1-2H3. The molecule has 4 nitrogen and oxygen atoms in total. The number of aliphatic hydroxyl groups excluding tert-OH is 1. The van der Waals surface area contributed by atoms with E-state index in [1.165, 1.54) is 11.8 Å². The Balaban J connectivity index is 2.11. The van der Waals surface area contributed by atoms with E-state index in [2.05, 4.69) is 4.98 Å². The van der Waals surface area contributed by atoms with E-state index < -0.39 is 0 Å². The first-order chi connectivity index (χ1) is 9.13. The minimum atomic E-state index is -0.213. The van der Waals surface area contributed by atoms with E-state index >= 15 is 0 Å². The van der Waals surface area contributed by atoms with Crippen molar-refractivity contribution in [2.24, 2.45) is 7.05 Å². The van der Waals surface area contributed by atoms with E-state index in [9.17, 15) is 4.79 Å². The lowest BCUT2D eigenvalue weighted by Gasteiger charge is -2.10. The third kappa shape index (κ3) is 3.05. The van der Waals surface area contributed by atoms with Gasteiger partial charge in [0.25, 0.3) is 0 Å². The topological polar surface area (TPSA) is 55.1 Å². The van der Waals surface area contributed by atoms with Gasteiger partial charge in [-0.05, 0) is 6.92 Å². The van der Waals surface area contributed by atoms with Crippen LogP contribution in [-0.4, -0.2) is 25.7 Å². The van der Waals surface area contributed by atoms with E-state index in [-0.39, 0.29) is 17.6 Å². The van der Waals surface area contributed by atoms with Crippen LogP contribution in [0.3, 0.4) is 0 Å². The molecule has 1 N–H and O–H groups in total. The van der Waals surface area contributed by atoms with E-state index in [0.29, 0.717) is 5.56 Å². The molecule has 0 aliphatic heterocycles. The second-order valence-corrected chi connectivity index (χ2v) is 5.55. The zero-order valence-corrected chi connectivity index (χ0v) is 11.7. The maximum absolute atomic E-state index is 12.2. The molecule has 5 heteroatoms. The molecule has 0 saturated carbocycles. The van der Waals surface area contributed by atoms with Gasteiger partial charge in [-0.15, -0.1) is 0 Å². The molecule has 0 radical (unpaired) electrons. The van der Waals surface area contributed by atoms with Gasteiger partial charge in [0.15, 0.2) is 10.9 Å². The normalized spacial score (nSPS) is 12.4. The summed E-state index contributed by atoms with van der Waals surface area (Å²) in [5.74, 6) is 0.0825. The second kappa shape index (κ2) is 6.04. The minimum absolute atomic E-state index is 0.0505. The van der Waals surface area contributed by atoms with Crippen LogP contribution in [0.15, 0.2) is 41.7 Å². The largest absolute Gasteiger partial charge is 0.390 e. The Bertz CT molecular complexity index is 566. The van der Waals surface area contributed by atoms with Crippen molar-refractivity contribution in [1.29, 1.82) is 0 Å². The highest BCUT2D eigenvalue weighted by Crippen LogP contribution is 2.24. The minimum Gasteiger partial charge on any atom is -0.390 e. The first-order valence-corrected chi connectivity index (χ1v) is 6.89. The van der Waals surface area contributed by atoms with Gasteiger partial charge < -0.3 is 9.67 Å². The molecular formula is C14H16N2O2S. The van der Waals surface area contributed by atoms with Crippen LogP contribution in [0.4, 0.5) is 0 Å². The SMILES string of the molecule is CC(Sc1ncc(CO)n1C)C(=O)c1ccccc1. The lowest BCUT2D eigenvalue weighted by Crippen LogP contribution is -2.14. The molecule has 0 bridgehead atoms. The van der Waals surface area contributed by atoms with Crippen molar-refractivity contribution in [3.63, 3.8) is 0 Å². The quantitative estimate of drug-likeness (QED) is 0.672. The molecule has 1 aromatic carbocycles. The van der Waals surface area contributed by atoms with Gasteiger partial charge in [-0.1, -0.05) is 42.1 Å². The molecule has 1 aromatic heterocycles. The van der Waals surface area contributed by atoms with Crippen molar-refractivity contribution in [2.75, 3.05) is 0 Å². The summed E-state index contributed by atoms with van der Waals surface area (Å²) >= 11 is 1.40. The van der Waals surface area contributed by atoms with Gasteiger partial charge in [-0.2, -0.15) is 0 Å². The van der Waals surface area contributed by atoms with Crippen LogP contribution in [-0.2, 0) is 13.7 Å². The molecule has 2 aromatic rings. The predicted octanol–water partition coefficient (Wildman–Crippen LogP) is 2.28. The molecule has 0 spiro atoms. The van der Waals surface area contributed by atoms with Crippen LogP contribution in [0, 0.1) is 0 Å². The van der Waals surface area contributed by atoms with Gasteiger partial charge in [0.1, 0.15) is 0 Å². The highest BCUT2D eigenvalue weighted by molar-refractivity contribution is 8.00. The van der Waals surface area contributed by atoms with Gasteiger partial charge in [0.05, 0.1) is 23.7 Å². The van der Waals surface area contributed by atoms with Crippen molar-refractivity contribution in [1.82, 2.24) is 9.55 Å². The van der Waals surface area contributed by atoms with Crippen molar-refractivity contribution >= 4 is 17.5 Å². The Morgan fingerprint density at radius 1 is 1.42 bits per heavy atom. The fourth-order valence-electron chi connectivity index (χ4n) is 1.73. The molecule has 0 saturated heterocycles. The van der Waals surface area contributed by atoms with Crippen molar-refractivity contribution in [3.05, 3.63) is 47.8 Å². The summed E-state index contributed by atoms with van der Waals surface area (Å²) in [6.45, 7) is 1.82. The smallest absolute Gasteiger partial charge is 0.175 e. The molecule has 0 aliphatic carbocycles. The fourth-order valence-corrected chi connectivity index (χ4v) is 2.68. The molecule has 100 valence electrons. The Labute approximate surface area is 116 Å². The van der Waals surface area contributed by atoms with E-state index in [0.717, 1.165) is 10.9 Å². The number of aliphatic hydroxyl groups is 1. The number of aromatic nitrogens is 2. The van der Waals surface area contributed by atoms with Gasteiger partial charge in [-0.25, -0.2) is 4.98 Å². The molecule has 1 atom stereocenters. The van der Waals surface area contributed by atoms with Crippen LogP contribution in [0.2, 0.25) is 0 Å². The molecule has 0 fully saturated rings. The van der Waals surface area contributed by atoms with Crippen LogP contribution in [0.25, 0.3) is 0 Å². The summed E-state index contributed by atoms with van der Waals surface area (Å²) in [6, 6.07) is 9.24. The van der Waals surface area contributed by atoms with Crippen LogP contribution >= 0.6 is 11.8 Å². The summed E-state index contributed by atoms with van der Waals surface area (Å²) < 4.78 is 1.80. The van der Waals surface area contributed by atoms with Crippen molar-refractivity contribution < 1.29 is 9.90 Å².